The molecule has 0 fully saturated rings. The number of imide groups is 1. The topological polar surface area (TPSA) is 103 Å². The van der Waals surface area contributed by atoms with Crippen LogP contribution in [0.3, 0.4) is 0 Å². The molecule has 0 unspecified atom stereocenters. The molecular formula is C19H18N2O6. The first-order chi connectivity index (χ1) is 13.0. The molecule has 2 N–H and O–H groups in total. The lowest BCUT2D eigenvalue weighted by atomic mass is 10.1. The normalized spacial score (nSPS) is 12.0. The molecule has 8 nitrogen and oxygen atoms in total. The maximum Gasteiger partial charge on any atom is 0.338 e. The number of hydrogen-bond acceptors (Lipinski definition) is 6. The Morgan fingerprint density at radius 2 is 1.81 bits per heavy atom. The van der Waals surface area contributed by atoms with Gasteiger partial charge in [0.1, 0.15) is 13.2 Å². The molecule has 0 atom stereocenters. The fourth-order valence-corrected chi connectivity index (χ4v) is 2.43. The molecule has 140 valence electrons. The van der Waals surface area contributed by atoms with Crippen molar-refractivity contribution in [1.82, 2.24) is 5.32 Å². The molecule has 0 aliphatic carbocycles. The Bertz CT molecular complexity index is 880. The number of nitrogens with one attached hydrogen (secondary N) is 2. The second kappa shape index (κ2) is 8.22. The highest BCUT2D eigenvalue weighted by Gasteiger charge is 2.15. The van der Waals surface area contributed by atoms with Gasteiger partial charge < -0.3 is 19.5 Å². The second-order valence-corrected chi connectivity index (χ2v) is 5.81. The molecule has 0 aromatic heterocycles. The Morgan fingerprint density at radius 1 is 1.04 bits per heavy atom. The average Bonchev–Trinajstić information content (AvgIpc) is 2.66. The predicted octanol–water partition coefficient (Wildman–Crippen LogP) is 2.27. The van der Waals surface area contributed by atoms with Crippen molar-refractivity contribution in [1.29, 1.82) is 0 Å². The van der Waals surface area contributed by atoms with Crippen LogP contribution in [0.5, 0.6) is 11.5 Å². The molecular weight excluding hydrogens is 352 g/mol. The van der Waals surface area contributed by atoms with Crippen LogP contribution in [0, 0.1) is 6.92 Å². The zero-order valence-corrected chi connectivity index (χ0v) is 14.6. The maximum atomic E-state index is 11.9. The first-order valence-corrected chi connectivity index (χ1v) is 8.25. The summed E-state index contributed by atoms with van der Waals surface area (Å²) in [5.41, 5.74) is 1.66. The van der Waals surface area contributed by atoms with Crippen LogP contribution in [0.25, 0.3) is 0 Å². The van der Waals surface area contributed by atoms with E-state index >= 15 is 0 Å². The summed E-state index contributed by atoms with van der Waals surface area (Å²) in [5, 5.41) is 4.59. The van der Waals surface area contributed by atoms with E-state index in [9.17, 15) is 14.4 Å². The van der Waals surface area contributed by atoms with Gasteiger partial charge in [0.15, 0.2) is 18.1 Å². The van der Waals surface area contributed by atoms with E-state index in [0.717, 1.165) is 5.56 Å². The molecule has 27 heavy (non-hydrogen) atoms. The van der Waals surface area contributed by atoms with Crippen molar-refractivity contribution in [3.63, 3.8) is 0 Å². The first-order valence-electron chi connectivity index (χ1n) is 8.25. The van der Waals surface area contributed by atoms with E-state index < -0.39 is 24.5 Å². The Labute approximate surface area is 155 Å². The van der Waals surface area contributed by atoms with E-state index in [0.29, 0.717) is 36.0 Å². The van der Waals surface area contributed by atoms with E-state index in [1.165, 1.54) is 0 Å². The van der Waals surface area contributed by atoms with Crippen LogP contribution < -0.4 is 20.1 Å². The summed E-state index contributed by atoms with van der Waals surface area (Å²) in [5.74, 6) is -0.282. The van der Waals surface area contributed by atoms with Gasteiger partial charge in [-0.15, -0.1) is 0 Å². The number of urea groups is 1. The molecule has 8 heteroatoms. The first kappa shape index (κ1) is 18.2. The highest BCUT2D eigenvalue weighted by molar-refractivity contribution is 6.02. The summed E-state index contributed by atoms with van der Waals surface area (Å²) in [4.78, 5) is 35.6. The summed E-state index contributed by atoms with van der Waals surface area (Å²) in [6.07, 6.45) is 0. The molecule has 3 amide bonds. The minimum absolute atomic E-state index is 0.337. The highest BCUT2D eigenvalue weighted by atomic mass is 16.6. The zero-order chi connectivity index (χ0) is 19.2. The predicted molar refractivity (Wildman–Crippen MR) is 96.1 cm³/mol. The Kier molecular flexibility index (Phi) is 5.55. The monoisotopic (exact) mass is 370 g/mol. The van der Waals surface area contributed by atoms with Crippen molar-refractivity contribution in [2.45, 2.75) is 6.92 Å². The van der Waals surface area contributed by atoms with Crippen LogP contribution in [0.2, 0.25) is 0 Å². The van der Waals surface area contributed by atoms with Crippen molar-refractivity contribution >= 4 is 23.6 Å². The second-order valence-electron chi connectivity index (χ2n) is 5.81. The standard InChI is InChI=1S/C19H18N2O6/c1-12-3-2-4-13(9-12)18(23)27-11-17(22)21-19(24)20-14-5-6-15-16(10-14)26-8-7-25-15/h2-6,9-10H,7-8,11H2,1H3,(H2,20,21,22,24). The zero-order valence-electron chi connectivity index (χ0n) is 14.6. The summed E-state index contributed by atoms with van der Waals surface area (Å²) in [6, 6.07) is 10.9. The fraction of sp³-hybridized carbons (Fsp3) is 0.211. The van der Waals surface area contributed by atoms with E-state index in [4.69, 9.17) is 14.2 Å². The third kappa shape index (κ3) is 4.97. The van der Waals surface area contributed by atoms with E-state index in [1.807, 2.05) is 13.0 Å². The van der Waals surface area contributed by atoms with E-state index in [2.05, 4.69) is 10.6 Å². The van der Waals surface area contributed by atoms with Gasteiger partial charge in [-0.05, 0) is 31.2 Å². The van der Waals surface area contributed by atoms with Gasteiger partial charge in [0.25, 0.3) is 5.91 Å². The van der Waals surface area contributed by atoms with Crippen LogP contribution in [0.15, 0.2) is 42.5 Å². The van der Waals surface area contributed by atoms with Crippen molar-refractivity contribution in [3.8, 4) is 11.5 Å². The van der Waals surface area contributed by atoms with Crippen LogP contribution in [-0.2, 0) is 9.53 Å². The lowest BCUT2D eigenvalue weighted by Crippen LogP contribution is -2.37. The molecule has 0 bridgehead atoms. The number of carbonyl (C=O) groups excluding carboxylic acids is 3. The van der Waals surface area contributed by atoms with E-state index in [1.54, 1.807) is 36.4 Å². The Hall–Kier alpha value is -3.55. The number of carbonyl (C=O) groups is 3. The number of amides is 3. The van der Waals surface area contributed by atoms with Gasteiger partial charge in [0.05, 0.1) is 5.56 Å². The molecule has 3 rings (SSSR count). The van der Waals surface area contributed by atoms with Gasteiger partial charge in [-0.25, -0.2) is 9.59 Å². The van der Waals surface area contributed by atoms with Gasteiger partial charge in [-0.1, -0.05) is 17.7 Å². The van der Waals surface area contributed by atoms with Crippen molar-refractivity contribution in [2.24, 2.45) is 0 Å². The Morgan fingerprint density at radius 3 is 2.59 bits per heavy atom. The molecule has 1 heterocycles. The smallest absolute Gasteiger partial charge is 0.338 e. The molecule has 2 aromatic carbocycles. The molecule has 1 aliphatic heterocycles. The van der Waals surface area contributed by atoms with Gasteiger partial charge in [-0.2, -0.15) is 0 Å². The summed E-state index contributed by atoms with van der Waals surface area (Å²) in [6.45, 7) is 2.16. The van der Waals surface area contributed by atoms with Crippen LogP contribution in [-0.4, -0.2) is 37.7 Å². The van der Waals surface area contributed by atoms with Gasteiger partial charge in [0, 0.05) is 11.8 Å². The number of rotatable bonds is 4. The molecule has 2 aromatic rings. The van der Waals surface area contributed by atoms with Crippen LogP contribution in [0.1, 0.15) is 15.9 Å². The highest BCUT2D eigenvalue weighted by Crippen LogP contribution is 2.32. The van der Waals surface area contributed by atoms with Gasteiger partial charge >= 0.3 is 12.0 Å². The fourth-order valence-electron chi connectivity index (χ4n) is 2.43. The number of aryl methyl sites for hydroxylation is 1. The number of fused-ring (bicyclic) bond motifs is 1. The number of esters is 1. The molecule has 1 aliphatic rings. The van der Waals surface area contributed by atoms with E-state index in [-0.39, 0.29) is 0 Å². The number of benzene rings is 2. The molecule has 0 saturated carbocycles. The largest absolute Gasteiger partial charge is 0.486 e. The molecule has 0 radical (unpaired) electrons. The third-order valence-corrected chi connectivity index (χ3v) is 3.64. The van der Waals surface area contributed by atoms with Crippen LogP contribution >= 0.6 is 0 Å². The van der Waals surface area contributed by atoms with Crippen molar-refractivity contribution in [3.05, 3.63) is 53.6 Å². The van der Waals surface area contributed by atoms with Crippen molar-refractivity contribution in [2.75, 3.05) is 25.1 Å². The lowest BCUT2D eigenvalue weighted by molar-refractivity contribution is -0.123. The van der Waals surface area contributed by atoms with Gasteiger partial charge in [-0.3, -0.25) is 10.1 Å². The molecule has 0 spiro atoms. The average molecular weight is 370 g/mol. The minimum Gasteiger partial charge on any atom is -0.486 e. The number of ether oxygens (including phenoxy) is 3. The summed E-state index contributed by atoms with van der Waals surface area (Å²) in [7, 11) is 0. The quantitative estimate of drug-likeness (QED) is 0.801. The third-order valence-electron chi connectivity index (χ3n) is 3.64. The van der Waals surface area contributed by atoms with Gasteiger partial charge in [0.2, 0.25) is 0 Å². The SMILES string of the molecule is Cc1cccc(C(=O)OCC(=O)NC(=O)Nc2ccc3c(c2)OCCO3)c1. The van der Waals surface area contributed by atoms with Crippen molar-refractivity contribution < 1.29 is 28.6 Å². The van der Waals surface area contributed by atoms with Crippen LogP contribution in [0.4, 0.5) is 10.5 Å². The number of hydrogen-bond donors (Lipinski definition) is 2. The number of anilines is 1. The molecule has 0 saturated heterocycles. The minimum atomic E-state index is -0.747. The maximum absolute atomic E-state index is 11.9. The Balaban J connectivity index is 1.48. The lowest BCUT2D eigenvalue weighted by Gasteiger charge is -2.19. The summed E-state index contributed by atoms with van der Waals surface area (Å²) < 4.78 is 15.7. The summed E-state index contributed by atoms with van der Waals surface area (Å²) >= 11 is 0.